The summed E-state index contributed by atoms with van der Waals surface area (Å²) in [6, 6.07) is 0. The second-order valence-electron chi connectivity index (χ2n) is 3.05. The first kappa shape index (κ1) is 12.8. The lowest BCUT2D eigenvalue weighted by molar-refractivity contribution is -0.164. The van der Waals surface area contributed by atoms with Gasteiger partial charge in [-0.1, -0.05) is 19.8 Å². The number of hydrogen-bond donors (Lipinski definition) is 3. The minimum absolute atomic E-state index is 0.0395. The topological polar surface area (TPSA) is 69.9 Å². The van der Waals surface area contributed by atoms with Crippen LogP contribution >= 0.6 is 0 Å². The Kier molecular flexibility index (Phi) is 8.33. The van der Waals surface area contributed by atoms with E-state index in [1.54, 1.807) is 0 Å². The summed E-state index contributed by atoms with van der Waals surface area (Å²) in [5.74, 6) is 0. The summed E-state index contributed by atoms with van der Waals surface area (Å²) in [6.45, 7) is 2.34. The van der Waals surface area contributed by atoms with Crippen LogP contribution in [0.4, 0.5) is 0 Å². The largest absolute Gasteiger partial charge is 0.396 e. The van der Waals surface area contributed by atoms with Crippen molar-refractivity contribution in [3.8, 4) is 0 Å². The van der Waals surface area contributed by atoms with E-state index < -0.39 is 12.4 Å². The molecule has 0 aromatic rings. The summed E-state index contributed by atoms with van der Waals surface area (Å²) in [5, 5.41) is 27.0. The van der Waals surface area contributed by atoms with E-state index in [1.807, 2.05) is 6.92 Å². The first-order valence-electron chi connectivity index (χ1n) is 4.81. The Morgan fingerprint density at radius 2 is 1.92 bits per heavy atom. The third-order valence-electron chi connectivity index (χ3n) is 1.77. The smallest absolute Gasteiger partial charge is 0.180 e. The van der Waals surface area contributed by atoms with Crippen LogP contribution in [0.5, 0.6) is 0 Å². The summed E-state index contributed by atoms with van der Waals surface area (Å²) in [5.41, 5.74) is 0. The molecular weight excluding hydrogens is 172 g/mol. The van der Waals surface area contributed by atoms with Gasteiger partial charge in [0.05, 0.1) is 6.61 Å². The van der Waals surface area contributed by atoms with Crippen molar-refractivity contribution in [3.63, 3.8) is 0 Å². The third kappa shape index (κ3) is 6.95. The summed E-state index contributed by atoms with van der Waals surface area (Å²) in [4.78, 5) is 0. The van der Waals surface area contributed by atoms with Gasteiger partial charge in [-0.25, -0.2) is 0 Å². The molecule has 0 aliphatic heterocycles. The predicted molar refractivity (Wildman–Crippen MR) is 49.2 cm³/mol. The van der Waals surface area contributed by atoms with Gasteiger partial charge in [-0.2, -0.15) is 0 Å². The summed E-state index contributed by atoms with van der Waals surface area (Å²) in [7, 11) is 0. The molecule has 4 heteroatoms. The predicted octanol–water partition coefficient (Wildman–Crippen LogP) is 0.255. The Bertz CT molecular complexity index is 108. The van der Waals surface area contributed by atoms with Crippen molar-refractivity contribution in [2.75, 3.05) is 13.2 Å². The van der Waals surface area contributed by atoms with E-state index in [2.05, 4.69) is 0 Å². The van der Waals surface area contributed by atoms with E-state index in [4.69, 9.17) is 9.84 Å². The molecule has 0 fully saturated rings. The van der Waals surface area contributed by atoms with Crippen molar-refractivity contribution >= 4 is 0 Å². The van der Waals surface area contributed by atoms with Gasteiger partial charge in [0, 0.05) is 6.61 Å². The fraction of sp³-hybridized carbons (Fsp3) is 1.00. The van der Waals surface area contributed by atoms with Crippen LogP contribution in [0.25, 0.3) is 0 Å². The van der Waals surface area contributed by atoms with Crippen LogP contribution in [-0.2, 0) is 4.74 Å². The molecular formula is C9H20O4. The fourth-order valence-corrected chi connectivity index (χ4v) is 0.936. The highest BCUT2D eigenvalue weighted by Crippen LogP contribution is 2.06. The quantitative estimate of drug-likeness (QED) is 0.381. The van der Waals surface area contributed by atoms with Crippen molar-refractivity contribution in [2.45, 2.75) is 45.0 Å². The average molecular weight is 192 g/mol. The molecule has 80 valence electrons. The number of rotatable bonds is 8. The summed E-state index contributed by atoms with van der Waals surface area (Å²) >= 11 is 0. The number of unbranched alkanes of at least 4 members (excludes halogenated alkanes) is 1. The maximum Gasteiger partial charge on any atom is 0.180 e. The Hall–Kier alpha value is -0.160. The van der Waals surface area contributed by atoms with Crippen LogP contribution in [-0.4, -0.2) is 40.9 Å². The van der Waals surface area contributed by atoms with Gasteiger partial charge in [-0.3, -0.25) is 0 Å². The third-order valence-corrected chi connectivity index (χ3v) is 1.77. The fourth-order valence-electron chi connectivity index (χ4n) is 0.936. The van der Waals surface area contributed by atoms with Gasteiger partial charge >= 0.3 is 0 Å². The lowest BCUT2D eigenvalue weighted by Crippen LogP contribution is -2.29. The monoisotopic (exact) mass is 192 g/mol. The van der Waals surface area contributed by atoms with E-state index in [0.29, 0.717) is 12.8 Å². The Morgan fingerprint density at radius 1 is 1.23 bits per heavy atom. The van der Waals surface area contributed by atoms with E-state index in [0.717, 1.165) is 12.8 Å². The molecule has 0 amide bonds. The Morgan fingerprint density at radius 3 is 2.46 bits per heavy atom. The molecule has 2 unspecified atom stereocenters. The van der Waals surface area contributed by atoms with Gasteiger partial charge < -0.3 is 20.1 Å². The van der Waals surface area contributed by atoms with Gasteiger partial charge in [-0.15, -0.1) is 0 Å². The molecule has 2 atom stereocenters. The van der Waals surface area contributed by atoms with Crippen LogP contribution in [0.15, 0.2) is 0 Å². The van der Waals surface area contributed by atoms with Gasteiger partial charge in [0.2, 0.25) is 0 Å². The molecule has 0 aromatic heterocycles. The standard InChI is InChI=1S/C9H20O4/c1-2-3-5-8(11)9(12)13-7-4-6-10/h8-12H,2-7H2,1H3. The summed E-state index contributed by atoms with van der Waals surface area (Å²) < 4.78 is 4.89. The molecule has 0 heterocycles. The van der Waals surface area contributed by atoms with Crippen molar-refractivity contribution in [2.24, 2.45) is 0 Å². The molecule has 0 saturated heterocycles. The molecule has 0 bridgehead atoms. The molecule has 0 aromatic carbocycles. The highest BCUT2D eigenvalue weighted by atomic mass is 16.6. The number of hydrogen-bond acceptors (Lipinski definition) is 4. The molecule has 0 saturated carbocycles. The van der Waals surface area contributed by atoms with Gasteiger partial charge in [0.25, 0.3) is 0 Å². The number of ether oxygens (including phenoxy) is 1. The lowest BCUT2D eigenvalue weighted by Gasteiger charge is -2.17. The van der Waals surface area contributed by atoms with E-state index in [-0.39, 0.29) is 13.2 Å². The first-order valence-corrected chi connectivity index (χ1v) is 4.81. The first-order chi connectivity index (χ1) is 6.22. The van der Waals surface area contributed by atoms with Crippen LogP contribution in [0.2, 0.25) is 0 Å². The maximum atomic E-state index is 9.31. The van der Waals surface area contributed by atoms with Crippen molar-refractivity contribution < 1.29 is 20.1 Å². The molecule has 0 rings (SSSR count). The minimum Gasteiger partial charge on any atom is -0.396 e. The molecule has 0 aliphatic carbocycles. The zero-order valence-corrected chi connectivity index (χ0v) is 8.15. The second-order valence-corrected chi connectivity index (χ2v) is 3.05. The van der Waals surface area contributed by atoms with Gasteiger partial charge in [-0.05, 0) is 12.8 Å². The Balaban J connectivity index is 3.38. The SMILES string of the molecule is CCCCC(O)C(O)OCCCO. The normalized spacial score (nSPS) is 15.7. The highest BCUT2D eigenvalue weighted by Gasteiger charge is 2.15. The van der Waals surface area contributed by atoms with Gasteiger partial charge in [0.1, 0.15) is 6.10 Å². The highest BCUT2D eigenvalue weighted by molar-refractivity contribution is 4.58. The number of aliphatic hydroxyl groups excluding tert-OH is 3. The molecule has 13 heavy (non-hydrogen) atoms. The maximum absolute atomic E-state index is 9.31. The molecule has 3 N–H and O–H groups in total. The zero-order valence-electron chi connectivity index (χ0n) is 8.15. The van der Waals surface area contributed by atoms with Crippen LogP contribution in [0.3, 0.4) is 0 Å². The van der Waals surface area contributed by atoms with Crippen LogP contribution < -0.4 is 0 Å². The Labute approximate surface area is 79.2 Å². The van der Waals surface area contributed by atoms with Crippen molar-refractivity contribution in [1.29, 1.82) is 0 Å². The average Bonchev–Trinajstić information content (AvgIpc) is 2.14. The van der Waals surface area contributed by atoms with Crippen LogP contribution in [0, 0.1) is 0 Å². The lowest BCUT2D eigenvalue weighted by atomic mass is 10.1. The molecule has 0 spiro atoms. The molecule has 0 aliphatic rings. The van der Waals surface area contributed by atoms with E-state index in [9.17, 15) is 10.2 Å². The minimum atomic E-state index is -1.11. The number of aliphatic hydroxyl groups is 3. The van der Waals surface area contributed by atoms with Gasteiger partial charge in [0.15, 0.2) is 6.29 Å². The molecule has 4 nitrogen and oxygen atoms in total. The summed E-state index contributed by atoms with van der Waals surface area (Å²) in [6.07, 6.45) is 0.979. The zero-order chi connectivity index (χ0) is 10.1. The van der Waals surface area contributed by atoms with Crippen molar-refractivity contribution in [1.82, 2.24) is 0 Å². The van der Waals surface area contributed by atoms with E-state index in [1.165, 1.54) is 0 Å². The van der Waals surface area contributed by atoms with E-state index >= 15 is 0 Å². The molecule has 0 radical (unpaired) electrons. The second kappa shape index (κ2) is 8.44. The van der Waals surface area contributed by atoms with Crippen molar-refractivity contribution in [3.05, 3.63) is 0 Å². The van der Waals surface area contributed by atoms with Crippen LogP contribution in [0.1, 0.15) is 32.6 Å².